The highest BCUT2D eigenvalue weighted by Crippen LogP contribution is 2.19. The van der Waals surface area contributed by atoms with Crippen LogP contribution in [-0.2, 0) is 4.79 Å². The van der Waals surface area contributed by atoms with E-state index >= 15 is 0 Å². The number of likely N-dealkylation sites (tertiary alicyclic amines) is 1. The molecule has 3 N–H and O–H groups in total. The molecule has 0 aromatic carbocycles. The molecule has 1 amide bonds. The molecule has 1 atom stereocenters. The van der Waals surface area contributed by atoms with Gasteiger partial charge in [0.2, 0.25) is 5.91 Å². The van der Waals surface area contributed by atoms with Crippen LogP contribution in [0.15, 0.2) is 4.99 Å². The molecule has 0 aromatic rings. The molecule has 5 heteroatoms. The standard InChI is InChI=1S/C11H22N4O/c1-3-14-11(13-2)15-6-4-5-9(8-15)7-10(12)16/h9H,3-8H2,1-2H3,(H2,12,16)(H,13,14). The van der Waals surface area contributed by atoms with Gasteiger partial charge in [0.1, 0.15) is 0 Å². The third-order valence-corrected chi connectivity index (χ3v) is 2.86. The first-order chi connectivity index (χ1) is 7.67. The van der Waals surface area contributed by atoms with Crippen molar-refractivity contribution in [3.05, 3.63) is 0 Å². The van der Waals surface area contributed by atoms with Crippen molar-refractivity contribution < 1.29 is 4.79 Å². The van der Waals surface area contributed by atoms with E-state index in [0.29, 0.717) is 12.3 Å². The lowest BCUT2D eigenvalue weighted by atomic mass is 9.95. The monoisotopic (exact) mass is 226 g/mol. The summed E-state index contributed by atoms with van der Waals surface area (Å²) < 4.78 is 0. The summed E-state index contributed by atoms with van der Waals surface area (Å²) in [6.45, 7) is 4.80. The number of piperidine rings is 1. The van der Waals surface area contributed by atoms with E-state index in [1.807, 2.05) is 0 Å². The lowest BCUT2D eigenvalue weighted by molar-refractivity contribution is -0.119. The molecule has 0 bridgehead atoms. The van der Waals surface area contributed by atoms with Gasteiger partial charge in [-0.05, 0) is 25.7 Å². The molecular weight excluding hydrogens is 204 g/mol. The van der Waals surface area contributed by atoms with Crippen LogP contribution in [-0.4, -0.2) is 43.4 Å². The second-order valence-electron chi connectivity index (χ2n) is 4.20. The molecule has 0 spiro atoms. The Bertz CT molecular complexity index is 265. The molecule has 1 fully saturated rings. The van der Waals surface area contributed by atoms with Crippen molar-refractivity contribution >= 4 is 11.9 Å². The zero-order valence-corrected chi connectivity index (χ0v) is 10.2. The van der Waals surface area contributed by atoms with E-state index in [0.717, 1.165) is 38.4 Å². The fraction of sp³-hybridized carbons (Fsp3) is 0.818. The predicted molar refractivity (Wildman–Crippen MR) is 65.1 cm³/mol. The summed E-state index contributed by atoms with van der Waals surface area (Å²) in [6, 6.07) is 0. The number of nitrogens with two attached hydrogens (primary N) is 1. The van der Waals surface area contributed by atoms with Crippen LogP contribution < -0.4 is 11.1 Å². The summed E-state index contributed by atoms with van der Waals surface area (Å²) in [5, 5.41) is 3.24. The van der Waals surface area contributed by atoms with E-state index in [4.69, 9.17) is 5.73 Å². The molecule has 0 saturated carbocycles. The molecule has 0 radical (unpaired) electrons. The number of nitrogens with one attached hydrogen (secondary N) is 1. The van der Waals surface area contributed by atoms with Gasteiger partial charge < -0.3 is 16.0 Å². The van der Waals surface area contributed by atoms with Gasteiger partial charge in [-0.1, -0.05) is 0 Å². The summed E-state index contributed by atoms with van der Waals surface area (Å²) in [6.07, 6.45) is 2.67. The Kier molecular flexibility index (Phi) is 5.08. The third kappa shape index (κ3) is 3.72. The lowest BCUT2D eigenvalue weighted by Crippen LogP contribution is -2.47. The van der Waals surface area contributed by atoms with Gasteiger partial charge in [0, 0.05) is 33.1 Å². The van der Waals surface area contributed by atoms with Gasteiger partial charge >= 0.3 is 0 Å². The van der Waals surface area contributed by atoms with E-state index < -0.39 is 0 Å². The van der Waals surface area contributed by atoms with E-state index in [2.05, 4.69) is 22.1 Å². The average molecular weight is 226 g/mol. The Balaban J connectivity index is 2.52. The Morgan fingerprint density at radius 1 is 1.62 bits per heavy atom. The van der Waals surface area contributed by atoms with Crippen LogP contribution in [0.4, 0.5) is 0 Å². The summed E-state index contributed by atoms with van der Waals surface area (Å²) in [5.74, 6) is 1.10. The topological polar surface area (TPSA) is 70.7 Å². The van der Waals surface area contributed by atoms with Crippen molar-refractivity contribution in [1.29, 1.82) is 0 Å². The largest absolute Gasteiger partial charge is 0.370 e. The molecule has 1 unspecified atom stereocenters. The molecule has 92 valence electrons. The predicted octanol–water partition coefficient (Wildman–Crippen LogP) is 0.169. The fourth-order valence-corrected chi connectivity index (χ4v) is 2.20. The zero-order valence-electron chi connectivity index (χ0n) is 10.2. The lowest BCUT2D eigenvalue weighted by Gasteiger charge is -2.34. The number of amides is 1. The Hall–Kier alpha value is -1.26. The minimum Gasteiger partial charge on any atom is -0.370 e. The number of hydrogen-bond donors (Lipinski definition) is 2. The molecule has 1 aliphatic rings. The molecule has 16 heavy (non-hydrogen) atoms. The van der Waals surface area contributed by atoms with Crippen LogP contribution in [0.5, 0.6) is 0 Å². The van der Waals surface area contributed by atoms with Crippen molar-refractivity contribution in [3.63, 3.8) is 0 Å². The summed E-state index contributed by atoms with van der Waals surface area (Å²) in [4.78, 5) is 17.3. The van der Waals surface area contributed by atoms with Crippen LogP contribution >= 0.6 is 0 Å². The molecule has 0 aliphatic carbocycles. The van der Waals surface area contributed by atoms with E-state index in [1.165, 1.54) is 0 Å². The summed E-state index contributed by atoms with van der Waals surface area (Å²) >= 11 is 0. The Labute approximate surface area is 97.1 Å². The van der Waals surface area contributed by atoms with Crippen LogP contribution in [0.3, 0.4) is 0 Å². The number of carbonyl (C=O) groups excluding carboxylic acids is 1. The Morgan fingerprint density at radius 2 is 2.38 bits per heavy atom. The average Bonchev–Trinajstić information content (AvgIpc) is 2.25. The first-order valence-electron chi connectivity index (χ1n) is 5.91. The molecule has 0 aromatic heterocycles. The molecule has 1 saturated heterocycles. The summed E-state index contributed by atoms with van der Waals surface area (Å²) in [7, 11) is 1.79. The Morgan fingerprint density at radius 3 is 2.94 bits per heavy atom. The number of guanidine groups is 1. The zero-order chi connectivity index (χ0) is 12.0. The second kappa shape index (κ2) is 6.35. The molecule has 1 aliphatic heterocycles. The van der Waals surface area contributed by atoms with Crippen molar-refractivity contribution in [1.82, 2.24) is 10.2 Å². The highest BCUT2D eigenvalue weighted by atomic mass is 16.1. The van der Waals surface area contributed by atoms with Gasteiger partial charge in [-0.15, -0.1) is 0 Å². The number of carbonyl (C=O) groups is 1. The maximum Gasteiger partial charge on any atom is 0.217 e. The highest BCUT2D eigenvalue weighted by molar-refractivity contribution is 5.80. The van der Waals surface area contributed by atoms with E-state index in [1.54, 1.807) is 7.05 Å². The normalized spacial score (nSPS) is 22.0. The summed E-state index contributed by atoms with van der Waals surface area (Å²) in [5.41, 5.74) is 5.23. The SMILES string of the molecule is CCNC(=NC)N1CCCC(CC(N)=O)C1. The minimum absolute atomic E-state index is 0.203. The van der Waals surface area contributed by atoms with Crippen molar-refractivity contribution in [2.24, 2.45) is 16.6 Å². The second-order valence-corrected chi connectivity index (χ2v) is 4.20. The fourth-order valence-electron chi connectivity index (χ4n) is 2.20. The van der Waals surface area contributed by atoms with Crippen molar-refractivity contribution in [2.45, 2.75) is 26.2 Å². The van der Waals surface area contributed by atoms with Gasteiger partial charge in [0.25, 0.3) is 0 Å². The number of hydrogen-bond acceptors (Lipinski definition) is 2. The first kappa shape index (κ1) is 12.8. The maximum atomic E-state index is 10.9. The van der Waals surface area contributed by atoms with Crippen LogP contribution in [0.25, 0.3) is 0 Å². The highest BCUT2D eigenvalue weighted by Gasteiger charge is 2.23. The van der Waals surface area contributed by atoms with Crippen molar-refractivity contribution in [3.8, 4) is 0 Å². The number of rotatable bonds is 3. The van der Waals surface area contributed by atoms with Crippen molar-refractivity contribution in [2.75, 3.05) is 26.7 Å². The van der Waals surface area contributed by atoms with Gasteiger partial charge in [0.15, 0.2) is 5.96 Å². The van der Waals surface area contributed by atoms with E-state index in [9.17, 15) is 4.79 Å². The van der Waals surface area contributed by atoms with Crippen LogP contribution in [0.1, 0.15) is 26.2 Å². The smallest absolute Gasteiger partial charge is 0.217 e. The number of primary amides is 1. The van der Waals surface area contributed by atoms with Crippen LogP contribution in [0, 0.1) is 5.92 Å². The van der Waals surface area contributed by atoms with Crippen LogP contribution in [0.2, 0.25) is 0 Å². The minimum atomic E-state index is -0.203. The van der Waals surface area contributed by atoms with Gasteiger partial charge in [-0.25, -0.2) is 0 Å². The quantitative estimate of drug-likeness (QED) is 0.532. The molecule has 5 nitrogen and oxygen atoms in total. The van der Waals surface area contributed by atoms with E-state index in [-0.39, 0.29) is 5.91 Å². The third-order valence-electron chi connectivity index (χ3n) is 2.86. The molecular formula is C11H22N4O. The van der Waals surface area contributed by atoms with Gasteiger partial charge in [-0.2, -0.15) is 0 Å². The first-order valence-corrected chi connectivity index (χ1v) is 5.91. The number of aliphatic imine (C=N–C) groups is 1. The maximum absolute atomic E-state index is 10.9. The molecule has 1 heterocycles. The molecule has 1 rings (SSSR count). The van der Waals surface area contributed by atoms with Gasteiger partial charge in [0.05, 0.1) is 0 Å². The van der Waals surface area contributed by atoms with Gasteiger partial charge in [-0.3, -0.25) is 9.79 Å². The number of nitrogens with zero attached hydrogens (tertiary/aromatic N) is 2.